The largest absolute Gasteiger partial charge is 0.506 e. The number of aliphatic hydroxyl groups is 1. The maximum Gasteiger partial charge on any atom is 0.341 e. The first kappa shape index (κ1) is 12.7. The Morgan fingerprint density at radius 1 is 1.48 bits per heavy atom. The van der Waals surface area contributed by atoms with Crippen molar-refractivity contribution in [3.63, 3.8) is 0 Å². The van der Waals surface area contributed by atoms with Gasteiger partial charge in [-0.25, -0.2) is 13.6 Å². The zero-order valence-electron chi connectivity index (χ0n) is 10.3. The van der Waals surface area contributed by atoms with Crippen LogP contribution in [-0.4, -0.2) is 21.7 Å². The van der Waals surface area contributed by atoms with Crippen LogP contribution in [-0.2, 0) is 16.1 Å². The Morgan fingerprint density at radius 3 is 2.95 bits per heavy atom. The van der Waals surface area contributed by atoms with Crippen molar-refractivity contribution >= 4 is 29.2 Å². The highest BCUT2D eigenvalue weighted by Crippen LogP contribution is 2.51. The summed E-state index contributed by atoms with van der Waals surface area (Å²) in [6.45, 7) is -0.142. The fourth-order valence-corrected chi connectivity index (χ4v) is 3.71. The predicted octanol–water partition coefficient (Wildman–Crippen LogP) is 2.54. The number of carbonyl (C=O) groups is 1. The number of carboxylic acid groups (broad SMARTS) is 1. The zero-order valence-corrected chi connectivity index (χ0v) is 11.1. The van der Waals surface area contributed by atoms with Gasteiger partial charge in [-0.2, -0.15) is 0 Å². The van der Waals surface area contributed by atoms with E-state index in [2.05, 4.69) is 0 Å². The second kappa shape index (κ2) is 3.99. The Balaban J connectivity index is 2.12. The second-order valence-corrected chi connectivity index (χ2v) is 5.61. The first-order valence-corrected chi connectivity index (χ1v) is 6.89. The summed E-state index contributed by atoms with van der Waals surface area (Å²) in [7, 11) is 0. The summed E-state index contributed by atoms with van der Waals surface area (Å²) in [4.78, 5) is 12.9. The highest BCUT2D eigenvalue weighted by molar-refractivity contribution is 8.03. The van der Waals surface area contributed by atoms with Gasteiger partial charge in [0.25, 0.3) is 0 Å². The molecule has 8 heteroatoms. The van der Waals surface area contributed by atoms with Crippen molar-refractivity contribution in [1.29, 1.82) is 0 Å². The van der Waals surface area contributed by atoms with Gasteiger partial charge in [-0.05, 0) is 6.07 Å². The Morgan fingerprint density at radius 2 is 2.24 bits per heavy atom. The van der Waals surface area contributed by atoms with Crippen LogP contribution in [0.1, 0.15) is 11.1 Å². The monoisotopic (exact) mass is 311 g/mol. The molecule has 4 rings (SSSR count). The third-order valence-corrected chi connectivity index (χ3v) is 4.57. The van der Waals surface area contributed by atoms with Gasteiger partial charge in [0.05, 0.1) is 18.0 Å². The summed E-state index contributed by atoms with van der Waals surface area (Å²) in [5, 5.41) is 21.0. The summed E-state index contributed by atoms with van der Waals surface area (Å²) in [5.41, 5.74) is -0.461. The molecule has 0 fully saturated rings. The fraction of sp³-hybridized carbons (Fsp3) is 0.154. The average Bonchev–Trinajstić information content (AvgIpc) is 2.86. The Kier molecular flexibility index (Phi) is 2.40. The summed E-state index contributed by atoms with van der Waals surface area (Å²) >= 11 is 1.21. The fourth-order valence-electron chi connectivity index (χ4n) is 2.75. The van der Waals surface area contributed by atoms with Gasteiger partial charge in [0.1, 0.15) is 11.3 Å². The van der Waals surface area contributed by atoms with E-state index < -0.39 is 28.9 Å². The molecule has 0 aliphatic carbocycles. The van der Waals surface area contributed by atoms with E-state index in [9.17, 15) is 23.8 Å². The molecule has 0 saturated heterocycles. The lowest BCUT2D eigenvalue weighted by Crippen LogP contribution is -2.39. The minimum atomic E-state index is -1.34. The number of thioether (sulfide) groups is 1. The SMILES string of the molecule is O=C(O)C1=C(O)c2cc(F)c(F)c3c2N2C1=CSC2OC3. The molecule has 2 N–H and O–H groups in total. The van der Waals surface area contributed by atoms with Crippen molar-refractivity contribution < 1.29 is 28.5 Å². The van der Waals surface area contributed by atoms with E-state index >= 15 is 0 Å². The number of anilines is 1. The van der Waals surface area contributed by atoms with E-state index in [0.717, 1.165) is 6.07 Å². The highest BCUT2D eigenvalue weighted by atomic mass is 32.2. The Hall–Kier alpha value is -2.06. The van der Waals surface area contributed by atoms with Crippen LogP contribution in [0.15, 0.2) is 22.7 Å². The number of nitrogens with zero attached hydrogens (tertiary/aromatic N) is 1. The van der Waals surface area contributed by atoms with Gasteiger partial charge in [-0.1, -0.05) is 11.8 Å². The van der Waals surface area contributed by atoms with Crippen molar-refractivity contribution in [3.8, 4) is 0 Å². The van der Waals surface area contributed by atoms with E-state index in [-0.39, 0.29) is 34.7 Å². The lowest BCUT2D eigenvalue weighted by Gasteiger charge is -2.39. The van der Waals surface area contributed by atoms with E-state index in [1.54, 1.807) is 0 Å². The summed E-state index contributed by atoms with van der Waals surface area (Å²) in [6, 6.07) is 0.814. The van der Waals surface area contributed by atoms with Gasteiger partial charge in [0.15, 0.2) is 17.2 Å². The molecule has 0 aromatic heterocycles. The van der Waals surface area contributed by atoms with E-state index in [0.29, 0.717) is 0 Å². The van der Waals surface area contributed by atoms with Gasteiger partial charge in [0, 0.05) is 16.5 Å². The van der Waals surface area contributed by atoms with Crippen molar-refractivity contribution in [2.45, 2.75) is 12.2 Å². The maximum atomic E-state index is 13.9. The molecular formula is C13H7F2NO4S. The van der Waals surface area contributed by atoms with Crippen LogP contribution < -0.4 is 4.90 Å². The molecule has 1 aromatic carbocycles. The number of hydrogen-bond acceptors (Lipinski definition) is 5. The molecule has 3 aliphatic heterocycles. The molecule has 0 bridgehead atoms. The lowest BCUT2D eigenvalue weighted by atomic mass is 9.94. The molecule has 1 unspecified atom stereocenters. The minimum Gasteiger partial charge on any atom is -0.506 e. The molecule has 21 heavy (non-hydrogen) atoms. The number of benzene rings is 1. The van der Waals surface area contributed by atoms with Crippen LogP contribution in [0, 0.1) is 11.6 Å². The lowest BCUT2D eigenvalue weighted by molar-refractivity contribution is -0.132. The average molecular weight is 311 g/mol. The number of hydrogen-bond donors (Lipinski definition) is 2. The second-order valence-electron chi connectivity index (χ2n) is 4.70. The van der Waals surface area contributed by atoms with Crippen molar-refractivity contribution in [3.05, 3.63) is 45.5 Å². The van der Waals surface area contributed by atoms with Crippen LogP contribution >= 0.6 is 11.8 Å². The third kappa shape index (κ3) is 1.46. The smallest absolute Gasteiger partial charge is 0.341 e. The van der Waals surface area contributed by atoms with Crippen LogP contribution in [0.5, 0.6) is 0 Å². The Labute approximate surface area is 121 Å². The standard InChI is InChI=1S/C13H7F2NO4S/c14-6-1-4-10-5(9(6)15)2-20-13-16(10)7(3-21-13)8(11(4)17)12(18)19/h1,3,13,17H,2H2,(H,18,19). The number of carboxylic acids is 1. The van der Waals surface area contributed by atoms with Crippen molar-refractivity contribution in [2.24, 2.45) is 0 Å². The summed E-state index contributed by atoms with van der Waals surface area (Å²) in [5.74, 6) is -4.11. The number of rotatable bonds is 1. The molecule has 1 atom stereocenters. The summed E-state index contributed by atoms with van der Waals surface area (Å²) < 4.78 is 33.0. The summed E-state index contributed by atoms with van der Waals surface area (Å²) in [6.07, 6.45) is 0. The predicted molar refractivity (Wildman–Crippen MR) is 70.3 cm³/mol. The van der Waals surface area contributed by atoms with Crippen LogP contribution in [0.2, 0.25) is 0 Å². The van der Waals surface area contributed by atoms with Crippen molar-refractivity contribution in [1.82, 2.24) is 0 Å². The first-order chi connectivity index (χ1) is 10.0. The number of aliphatic carboxylic acids is 1. The minimum absolute atomic E-state index is 0.0226. The first-order valence-electron chi connectivity index (χ1n) is 5.95. The third-order valence-electron chi connectivity index (χ3n) is 3.63. The molecule has 5 nitrogen and oxygen atoms in total. The molecule has 108 valence electrons. The van der Waals surface area contributed by atoms with Gasteiger partial charge in [-0.3, -0.25) is 0 Å². The van der Waals surface area contributed by atoms with Gasteiger partial charge in [0.2, 0.25) is 0 Å². The van der Waals surface area contributed by atoms with Crippen LogP contribution in [0.4, 0.5) is 14.5 Å². The number of ether oxygens (including phenoxy) is 1. The van der Waals surface area contributed by atoms with Crippen molar-refractivity contribution in [2.75, 3.05) is 4.90 Å². The molecule has 0 spiro atoms. The van der Waals surface area contributed by atoms with Crippen LogP contribution in [0.25, 0.3) is 5.76 Å². The molecule has 0 amide bonds. The molecule has 0 radical (unpaired) electrons. The van der Waals surface area contributed by atoms with Gasteiger partial charge >= 0.3 is 5.97 Å². The van der Waals surface area contributed by atoms with E-state index in [4.69, 9.17) is 4.74 Å². The van der Waals surface area contributed by atoms with Gasteiger partial charge in [-0.15, -0.1) is 0 Å². The topological polar surface area (TPSA) is 70.0 Å². The van der Waals surface area contributed by atoms with E-state index in [1.807, 2.05) is 0 Å². The van der Waals surface area contributed by atoms with Crippen LogP contribution in [0.3, 0.4) is 0 Å². The molecule has 1 aromatic rings. The maximum absolute atomic E-state index is 13.9. The van der Waals surface area contributed by atoms with E-state index in [1.165, 1.54) is 22.1 Å². The Bertz CT molecular complexity index is 774. The van der Waals surface area contributed by atoms with Gasteiger partial charge < -0.3 is 19.8 Å². The molecule has 3 heterocycles. The highest BCUT2D eigenvalue weighted by Gasteiger charge is 2.45. The normalized spacial score (nSPS) is 22.3. The number of aliphatic hydroxyl groups excluding tert-OH is 1. The molecular weight excluding hydrogens is 304 g/mol. The molecule has 0 saturated carbocycles. The molecule has 3 aliphatic rings. The zero-order chi connectivity index (χ0) is 14.9. The number of halogens is 2. The quantitative estimate of drug-likeness (QED) is 0.830.